The van der Waals surface area contributed by atoms with Gasteiger partial charge in [-0.05, 0) is 20.8 Å². The van der Waals surface area contributed by atoms with Crippen molar-refractivity contribution in [2.45, 2.75) is 46.2 Å². The Morgan fingerprint density at radius 3 is 2.41 bits per heavy atom. The molecule has 1 saturated heterocycles. The molecule has 5 heteroatoms. The molecule has 1 heterocycles. The Kier molecular flexibility index (Phi) is 4.47. The van der Waals surface area contributed by atoms with Crippen LogP contribution in [0, 0.1) is 5.92 Å². The summed E-state index contributed by atoms with van der Waals surface area (Å²) in [5.74, 6) is 1.28. The van der Waals surface area contributed by atoms with Gasteiger partial charge in [-0.15, -0.1) is 11.8 Å². The molecule has 0 radical (unpaired) electrons. The molecular weight excluding hydrogens is 236 g/mol. The van der Waals surface area contributed by atoms with Crippen molar-refractivity contribution < 1.29 is 9.59 Å². The van der Waals surface area contributed by atoms with Crippen LogP contribution < -0.4 is 5.32 Å². The lowest BCUT2D eigenvalue weighted by molar-refractivity contribution is -0.140. The summed E-state index contributed by atoms with van der Waals surface area (Å²) in [6.45, 7) is 9.57. The third-order valence-electron chi connectivity index (χ3n) is 2.46. The van der Waals surface area contributed by atoms with Crippen LogP contribution in [0.3, 0.4) is 0 Å². The lowest BCUT2D eigenvalue weighted by Gasteiger charge is -2.28. The average molecular weight is 258 g/mol. The molecule has 1 atom stereocenters. The molecule has 0 aromatic carbocycles. The molecule has 1 rings (SSSR count). The SMILES string of the molecule is CC(C)C(=O)N1CSCC1C(=O)NC(C)(C)C. The van der Waals surface area contributed by atoms with E-state index in [4.69, 9.17) is 0 Å². The molecule has 0 aromatic rings. The third-order valence-corrected chi connectivity index (χ3v) is 3.47. The summed E-state index contributed by atoms with van der Waals surface area (Å²) >= 11 is 1.63. The van der Waals surface area contributed by atoms with Gasteiger partial charge in [0.2, 0.25) is 11.8 Å². The number of nitrogens with one attached hydrogen (secondary N) is 1. The summed E-state index contributed by atoms with van der Waals surface area (Å²) in [4.78, 5) is 25.7. The van der Waals surface area contributed by atoms with Gasteiger partial charge in [0, 0.05) is 17.2 Å². The summed E-state index contributed by atoms with van der Waals surface area (Å²) in [5.41, 5.74) is -0.253. The van der Waals surface area contributed by atoms with Crippen LogP contribution in [0.1, 0.15) is 34.6 Å². The van der Waals surface area contributed by atoms with Crippen molar-refractivity contribution >= 4 is 23.6 Å². The normalized spacial score (nSPS) is 20.8. The molecule has 1 unspecified atom stereocenters. The minimum atomic E-state index is -0.311. The summed E-state index contributed by atoms with van der Waals surface area (Å²) in [5, 5.41) is 2.94. The maximum Gasteiger partial charge on any atom is 0.244 e. The van der Waals surface area contributed by atoms with Crippen molar-refractivity contribution in [3.05, 3.63) is 0 Å². The minimum Gasteiger partial charge on any atom is -0.350 e. The quantitative estimate of drug-likeness (QED) is 0.816. The molecule has 1 fully saturated rings. The fourth-order valence-corrected chi connectivity index (χ4v) is 2.83. The van der Waals surface area contributed by atoms with E-state index < -0.39 is 0 Å². The Balaban J connectivity index is 2.70. The Morgan fingerprint density at radius 2 is 1.94 bits per heavy atom. The number of carbonyl (C=O) groups is 2. The third kappa shape index (κ3) is 3.91. The summed E-state index contributed by atoms with van der Waals surface area (Å²) in [6, 6.07) is -0.311. The van der Waals surface area contributed by atoms with E-state index in [-0.39, 0.29) is 29.3 Å². The zero-order chi connectivity index (χ0) is 13.2. The predicted octanol–water partition coefficient (Wildman–Crippen LogP) is 1.46. The molecule has 0 saturated carbocycles. The summed E-state index contributed by atoms with van der Waals surface area (Å²) in [7, 11) is 0. The zero-order valence-electron chi connectivity index (χ0n) is 11.2. The van der Waals surface area contributed by atoms with E-state index in [0.717, 1.165) is 0 Å². The molecule has 0 spiro atoms. The van der Waals surface area contributed by atoms with Crippen LogP contribution in [0.4, 0.5) is 0 Å². The largest absolute Gasteiger partial charge is 0.350 e. The van der Waals surface area contributed by atoms with Crippen molar-refractivity contribution in [1.82, 2.24) is 10.2 Å². The highest BCUT2D eigenvalue weighted by atomic mass is 32.2. The first-order valence-electron chi connectivity index (χ1n) is 5.92. The number of carbonyl (C=O) groups excluding carboxylic acids is 2. The van der Waals surface area contributed by atoms with Crippen molar-refractivity contribution in [3.8, 4) is 0 Å². The maximum atomic E-state index is 12.1. The molecule has 1 aliphatic rings. The van der Waals surface area contributed by atoms with Gasteiger partial charge in [-0.2, -0.15) is 0 Å². The van der Waals surface area contributed by atoms with Crippen LogP contribution in [-0.2, 0) is 9.59 Å². The second-order valence-corrected chi connectivity index (χ2v) is 6.72. The number of rotatable bonds is 2. The fraction of sp³-hybridized carbons (Fsp3) is 0.833. The number of hydrogen-bond donors (Lipinski definition) is 1. The highest BCUT2D eigenvalue weighted by Crippen LogP contribution is 2.23. The number of hydrogen-bond acceptors (Lipinski definition) is 3. The van der Waals surface area contributed by atoms with Gasteiger partial charge >= 0.3 is 0 Å². The first kappa shape index (κ1) is 14.4. The van der Waals surface area contributed by atoms with Gasteiger partial charge in [-0.1, -0.05) is 13.8 Å². The van der Waals surface area contributed by atoms with Crippen molar-refractivity contribution in [2.75, 3.05) is 11.6 Å². The van der Waals surface area contributed by atoms with E-state index in [1.54, 1.807) is 16.7 Å². The fourth-order valence-electron chi connectivity index (χ4n) is 1.66. The van der Waals surface area contributed by atoms with E-state index in [1.165, 1.54) is 0 Å². The summed E-state index contributed by atoms with van der Waals surface area (Å²) in [6.07, 6.45) is 0. The Hall–Kier alpha value is -0.710. The molecule has 0 aromatic heterocycles. The van der Waals surface area contributed by atoms with E-state index in [2.05, 4.69) is 5.32 Å². The molecule has 1 N–H and O–H groups in total. The highest BCUT2D eigenvalue weighted by molar-refractivity contribution is 7.99. The first-order chi connectivity index (χ1) is 7.72. The highest BCUT2D eigenvalue weighted by Gasteiger charge is 2.36. The van der Waals surface area contributed by atoms with Gasteiger partial charge in [0.15, 0.2) is 0 Å². The number of nitrogens with zero attached hydrogens (tertiary/aromatic N) is 1. The molecule has 98 valence electrons. The lowest BCUT2D eigenvalue weighted by atomic mass is 10.1. The molecule has 1 aliphatic heterocycles. The summed E-state index contributed by atoms with van der Waals surface area (Å²) < 4.78 is 0. The van der Waals surface area contributed by atoms with Crippen LogP contribution in [-0.4, -0.2) is 39.9 Å². The van der Waals surface area contributed by atoms with Gasteiger partial charge in [0.25, 0.3) is 0 Å². The van der Waals surface area contributed by atoms with Crippen molar-refractivity contribution in [1.29, 1.82) is 0 Å². The molecule has 2 amide bonds. The van der Waals surface area contributed by atoms with E-state index >= 15 is 0 Å². The number of thioether (sulfide) groups is 1. The van der Waals surface area contributed by atoms with Gasteiger partial charge in [0.1, 0.15) is 6.04 Å². The molecule has 0 aliphatic carbocycles. The second kappa shape index (κ2) is 5.29. The van der Waals surface area contributed by atoms with Gasteiger partial charge in [0.05, 0.1) is 5.88 Å². The Bertz CT molecular complexity index is 310. The van der Waals surface area contributed by atoms with Gasteiger partial charge in [-0.3, -0.25) is 9.59 Å². The van der Waals surface area contributed by atoms with Crippen LogP contribution in [0.25, 0.3) is 0 Å². The topological polar surface area (TPSA) is 49.4 Å². The Labute approximate surface area is 108 Å². The Morgan fingerprint density at radius 1 is 1.35 bits per heavy atom. The van der Waals surface area contributed by atoms with E-state index in [1.807, 2.05) is 34.6 Å². The molecule has 17 heavy (non-hydrogen) atoms. The lowest BCUT2D eigenvalue weighted by Crippen LogP contribution is -2.53. The first-order valence-corrected chi connectivity index (χ1v) is 7.08. The second-order valence-electron chi connectivity index (χ2n) is 5.72. The van der Waals surface area contributed by atoms with Crippen LogP contribution in [0.5, 0.6) is 0 Å². The van der Waals surface area contributed by atoms with Crippen molar-refractivity contribution in [3.63, 3.8) is 0 Å². The van der Waals surface area contributed by atoms with Gasteiger partial charge < -0.3 is 10.2 Å². The average Bonchev–Trinajstić information content (AvgIpc) is 2.61. The molecule has 4 nitrogen and oxygen atoms in total. The van der Waals surface area contributed by atoms with Crippen LogP contribution in [0.2, 0.25) is 0 Å². The standard InChI is InChI=1S/C12H22N2O2S/c1-8(2)11(16)14-7-17-6-9(14)10(15)13-12(3,4)5/h8-9H,6-7H2,1-5H3,(H,13,15). The minimum absolute atomic E-state index is 0.0449. The molecular formula is C12H22N2O2S. The van der Waals surface area contributed by atoms with E-state index in [0.29, 0.717) is 11.6 Å². The molecule has 0 bridgehead atoms. The maximum absolute atomic E-state index is 12.1. The van der Waals surface area contributed by atoms with Crippen molar-refractivity contribution in [2.24, 2.45) is 5.92 Å². The van der Waals surface area contributed by atoms with Gasteiger partial charge in [-0.25, -0.2) is 0 Å². The zero-order valence-corrected chi connectivity index (χ0v) is 12.1. The monoisotopic (exact) mass is 258 g/mol. The predicted molar refractivity (Wildman–Crippen MR) is 70.7 cm³/mol. The van der Waals surface area contributed by atoms with E-state index in [9.17, 15) is 9.59 Å². The smallest absolute Gasteiger partial charge is 0.244 e. The number of amides is 2. The van der Waals surface area contributed by atoms with Crippen LogP contribution >= 0.6 is 11.8 Å². The van der Waals surface area contributed by atoms with Crippen LogP contribution in [0.15, 0.2) is 0 Å².